The van der Waals surface area contributed by atoms with Crippen LogP contribution in [0.25, 0.3) is 0 Å². The van der Waals surface area contributed by atoms with Gasteiger partial charge in [0.2, 0.25) is 17.6 Å². The third-order valence-corrected chi connectivity index (χ3v) is 6.41. The Labute approximate surface area is 225 Å². The minimum atomic E-state index is -1.02. The van der Waals surface area contributed by atoms with E-state index in [1.54, 1.807) is 41.5 Å². The normalized spacial score (nSPS) is 17.7. The van der Waals surface area contributed by atoms with Crippen LogP contribution in [-0.2, 0) is 24.0 Å². The number of amides is 5. The van der Waals surface area contributed by atoms with Crippen LogP contribution in [0.15, 0.2) is 12.7 Å². The number of carbonyl (C=O) groups excluding carboxylic acids is 6. The first-order chi connectivity index (χ1) is 17.6. The molecule has 5 amide bonds. The van der Waals surface area contributed by atoms with E-state index in [0.717, 1.165) is 0 Å². The van der Waals surface area contributed by atoms with Crippen LogP contribution in [0.4, 0.5) is 4.79 Å². The van der Waals surface area contributed by atoms with E-state index in [9.17, 15) is 28.8 Å². The van der Waals surface area contributed by atoms with E-state index in [1.807, 2.05) is 6.92 Å². The van der Waals surface area contributed by atoms with Gasteiger partial charge in [0.15, 0.2) is 5.78 Å². The van der Waals surface area contributed by atoms with Crippen molar-refractivity contribution in [2.24, 2.45) is 11.3 Å². The number of likely N-dealkylation sites (tertiary alicyclic amines) is 1. The van der Waals surface area contributed by atoms with Gasteiger partial charge in [-0.2, -0.15) is 0 Å². The zero-order chi connectivity index (χ0) is 29.2. The van der Waals surface area contributed by atoms with Crippen molar-refractivity contribution in [3.63, 3.8) is 0 Å². The summed E-state index contributed by atoms with van der Waals surface area (Å²) in [4.78, 5) is 77.9. The molecule has 0 radical (unpaired) electrons. The van der Waals surface area contributed by atoms with Crippen LogP contribution in [0.5, 0.6) is 0 Å². The Morgan fingerprint density at radius 2 is 1.66 bits per heavy atom. The molecule has 0 aliphatic carbocycles. The molecular formula is C27H45N5O6. The monoisotopic (exact) mass is 535 g/mol. The Bertz CT molecular complexity index is 910. The summed E-state index contributed by atoms with van der Waals surface area (Å²) in [5.41, 5.74) is -0.701. The Morgan fingerprint density at radius 1 is 1.03 bits per heavy atom. The number of hydrogen-bond donors (Lipinski definition) is 4. The van der Waals surface area contributed by atoms with Crippen LogP contribution < -0.4 is 21.3 Å². The quantitative estimate of drug-likeness (QED) is 0.207. The second kappa shape index (κ2) is 14.6. The summed E-state index contributed by atoms with van der Waals surface area (Å²) in [5, 5.41) is 10.4. The second-order valence-electron chi connectivity index (χ2n) is 11.1. The zero-order valence-corrected chi connectivity index (χ0v) is 23.8. The van der Waals surface area contributed by atoms with Gasteiger partial charge in [0, 0.05) is 19.0 Å². The second-order valence-corrected chi connectivity index (χ2v) is 11.1. The van der Waals surface area contributed by atoms with Gasteiger partial charge >= 0.3 is 6.03 Å². The van der Waals surface area contributed by atoms with Crippen LogP contribution in [0.1, 0.15) is 74.1 Å². The Kier molecular flexibility index (Phi) is 12.6. The molecule has 0 spiro atoms. The van der Waals surface area contributed by atoms with Gasteiger partial charge in [-0.3, -0.25) is 24.0 Å². The minimum Gasteiger partial charge on any atom is -0.346 e. The van der Waals surface area contributed by atoms with E-state index >= 15 is 0 Å². The maximum absolute atomic E-state index is 13.6. The van der Waals surface area contributed by atoms with E-state index in [0.29, 0.717) is 25.8 Å². The number of rotatable bonds is 13. The average molecular weight is 536 g/mol. The van der Waals surface area contributed by atoms with E-state index in [1.165, 1.54) is 11.0 Å². The molecule has 0 aromatic rings. The van der Waals surface area contributed by atoms with Gasteiger partial charge in [-0.05, 0) is 31.6 Å². The molecule has 1 heterocycles. The number of ketones is 2. The Balaban J connectivity index is 3.02. The molecule has 0 saturated carbocycles. The first kappa shape index (κ1) is 32.8. The van der Waals surface area contributed by atoms with Crippen LogP contribution in [0, 0.1) is 11.3 Å². The lowest BCUT2D eigenvalue weighted by Gasteiger charge is -2.35. The highest BCUT2D eigenvalue weighted by atomic mass is 16.2. The first-order valence-corrected chi connectivity index (χ1v) is 13.3. The molecule has 0 aromatic carbocycles. The molecule has 11 nitrogen and oxygen atoms in total. The smallest absolute Gasteiger partial charge is 0.316 e. The number of Topliss-reactive ketones (excluding diaryl/α,β-unsaturated/α-hetero) is 2. The molecule has 0 aromatic heterocycles. The molecule has 0 bridgehead atoms. The Hall–Kier alpha value is -3.24. The van der Waals surface area contributed by atoms with Gasteiger partial charge in [0.25, 0.3) is 5.91 Å². The van der Waals surface area contributed by atoms with Crippen molar-refractivity contribution in [3.8, 4) is 0 Å². The van der Waals surface area contributed by atoms with Crippen molar-refractivity contribution >= 4 is 35.3 Å². The molecular weight excluding hydrogens is 490 g/mol. The lowest BCUT2D eigenvalue weighted by Crippen LogP contribution is -2.60. The molecule has 1 rings (SSSR count). The van der Waals surface area contributed by atoms with Gasteiger partial charge in [-0.1, -0.05) is 54.0 Å². The van der Waals surface area contributed by atoms with Crippen LogP contribution >= 0.6 is 0 Å². The molecule has 1 fully saturated rings. The molecule has 3 unspecified atom stereocenters. The number of hydrogen-bond acceptors (Lipinski definition) is 6. The zero-order valence-electron chi connectivity index (χ0n) is 23.8. The third-order valence-electron chi connectivity index (χ3n) is 6.41. The fraction of sp³-hybridized carbons (Fsp3) is 0.704. The standard InChI is InChI=1S/C27H45N5O6/c1-9-12-18(21(34)24(36)28-14-10-2)30-23(35)19-13-11-15-32(19)25(37)22(27(6,7)8)31-26(38)29-17(5)20(33)16(3)4/h10,16-19,22H,2,9,11-15H2,1,3-8H3,(H,28,36)(H,30,35)(H2,29,31,38)/t17?,18?,19-,22?/m0/s1. The van der Waals surface area contributed by atoms with Crippen LogP contribution in [0.3, 0.4) is 0 Å². The van der Waals surface area contributed by atoms with Crippen molar-refractivity contribution in [2.45, 2.75) is 98.3 Å². The fourth-order valence-electron chi connectivity index (χ4n) is 4.29. The molecule has 1 aliphatic rings. The van der Waals surface area contributed by atoms with E-state index in [2.05, 4.69) is 27.8 Å². The van der Waals surface area contributed by atoms with Crippen molar-refractivity contribution in [1.82, 2.24) is 26.2 Å². The number of nitrogens with one attached hydrogen (secondary N) is 4. The van der Waals surface area contributed by atoms with Crippen molar-refractivity contribution in [1.29, 1.82) is 0 Å². The summed E-state index contributed by atoms with van der Waals surface area (Å²) >= 11 is 0. The van der Waals surface area contributed by atoms with Crippen LogP contribution in [0.2, 0.25) is 0 Å². The minimum absolute atomic E-state index is 0.126. The molecule has 4 atom stereocenters. The first-order valence-electron chi connectivity index (χ1n) is 13.3. The molecule has 214 valence electrons. The number of urea groups is 1. The van der Waals surface area contributed by atoms with Crippen LogP contribution in [-0.4, -0.2) is 77.5 Å². The molecule has 4 N–H and O–H groups in total. The van der Waals surface area contributed by atoms with Gasteiger partial charge in [0.05, 0.1) is 12.1 Å². The summed E-state index contributed by atoms with van der Waals surface area (Å²) in [6.45, 7) is 16.2. The van der Waals surface area contributed by atoms with Gasteiger partial charge < -0.3 is 26.2 Å². The van der Waals surface area contributed by atoms with Gasteiger partial charge in [-0.25, -0.2) is 4.79 Å². The fourth-order valence-corrected chi connectivity index (χ4v) is 4.29. The number of carbonyl (C=O) groups is 6. The van der Waals surface area contributed by atoms with Gasteiger partial charge in [0.1, 0.15) is 12.1 Å². The molecule has 38 heavy (non-hydrogen) atoms. The maximum atomic E-state index is 13.6. The van der Waals surface area contributed by atoms with Crippen molar-refractivity contribution in [3.05, 3.63) is 12.7 Å². The highest BCUT2D eigenvalue weighted by Gasteiger charge is 2.43. The molecule has 11 heteroatoms. The summed E-state index contributed by atoms with van der Waals surface area (Å²) in [6.07, 6.45) is 3.23. The summed E-state index contributed by atoms with van der Waals surface area (Å²) in [5.74, 6) is -2.91. The lowest BCUT2D eigenvalue weighted by molar-refractivity contribution is -0.143. The predicted molar refractivity (Wildman–Crippen MR) is 144 cm³/mol. The molecule has 1 aliphatic heterocycles. The van der Waals surface area contributed by atoms with Crippen molar-refractivity contribution in [2.75, 3.05) is 13.1 Å². The summed E-state index contributed by atoms with van der Waals surface area (Å²) < 4.78 is 0. The molecule has 1 saturated heterocycles. The number of nitrogens with zero attached hydrogens (tertiary/aromatic N) is 1. The highest BCUT2D eigenvalue weighted by Crippen LogP contribution is 2.26. The summed E-state index contributed by atoms with van der Waals surface area (Å²) in [7, 11) is 0. The van der Waals surface area contributed by atoms with E-state index in [-0.39, 0.29) is 24.7 Å². The Morgan fingerprint density at radius 3 is 2.18 bits per heavy atom. The summed E-state index contributed by atoms with van der Waals surface area (Å²) in [6, 6.07) is -4.22. The topological polar surface area (TPSA) is 154 Å². The average Bonchev–Trinajstić information content (AvgIpc) is 3.33. The SMILES string of the molecule is C=CCNC(=O)C(=O)C(CCC)NC(=O)[C@@H]1CCCN1C(=O)C(NC(=O)NC(C)C(=O)C(C)C)C(C)(C)C. The van der Waals surface area contributed by atoms with Crippen molar-refractivity contribution < 1.29 is 28.8 Å². The van der Waals surface area contributed by atoms with Gasteiger partial charge in [-0.15, -0.1) is 6.58 Å². The third kappa shape index (κ3) is 9.25. The van der Waals surface area contributed by atoms with E-state index in [4.69, 9.17) is 0 Å². The largest absolute Gasteiger partial charge is 0.346 e. The lowest BCUT2D eigenvalue weighted by atomic mass is 9.85. The maximum Gasteiger partial charge on any atom is 0.316 e. The van der Waals surface area contributed by atoms with E-state index < -0.39 is 59.1 Å². The highest BCUT2D eigenvalue weighted by molar-refractivity contribution is 6.38. The predicted octanol–water partition coefficient (Wildman–Crippen LogP) is 1.46.